The Bertz CT molecular complexity index is 413. The van der Waals surface area contributed by atoms with E-state index < -0.39 is 0 Å². The van der Waals surface area contributed by atoms with Gasteiger partial charge in [-0.05, 0) is 33.0 Å². The molecule has 5 nitrogen and oxygen atoms in total. The summed E-state index contributed by atoms with van der Waals surface area (Å²) in [6, 6.07) is 2.25. The number of hydrogen-bond acceptors (Lipinski definition) is 3. The lowest BCUT2D eigenvalue weighted by atomic mass is 10.1. The number of rotatable bonds is 2. The molecular formula is C13H22N4O. The van der Waals surface area contributed by atoms with Gasteiger partial charge in [0, 0.05) is 32.4 Å². The number of aromatic nitrogens is 2. The Labute approximate surface area is 108 Å². The number of likely N-dealkylation sites (tertiary alicyclic amines) is 1. The molecule has 0 N–H and O–H groups in total. The van der Waals surface area contributed by atoms with Gasteiger partial charge >= 0.3 is 0 Å². The number of amides is 1. The number of carbonyl (C=O) groups excluding carboxylic acids is 1. The summed E-state index contributed by atoms with van der Waals surface area (Å²) < 4.78 is 1.65. The van der Waals surface area contributed by atoms with Crippen LogP contribution in [0.25, 0.3) is 0 Å². The minimum absolute atomic E-state index is 0.101. The third kappa shape index (κ3) is 2.72. The van der Waals surface area contributed by atoms with Gasteiger partial charge in [0.05, 0.1) is 0 Å². The summed E-state index contributed by atoms with van der Waals surface area (Å²) in [5.41, 5.74) is 0.675. The fourth-order valence-corrected chi connectivity index (χ4v) is 2.47. The number of aryl methyl sites for hydroxylation is 1. The first kappa shape index (κ1) is 13.1. The largest absolute Gasteiger partial charge is 0.336 e. The lowest BCUT2D eigenvalue weighted by molar-refractivity contribution is 0.0714. The molecular weight excluding hydrogens is 228 g/mol. The third-order valence-electron chi connectivity index (χ3n) is 3.70. The fraction of sp³-hybridized carbons (Fsp3) is 0.692. The molecule has 2 heterocycles. The van der Waals surface area contributed by atoms with Gasteiger partial charge in [0.1, 0.15) is 5.69 Å². The van der Waals surface area contributed by atoms with E-state index >= 15 is 0 Å². The first-order valence-corrected chi connectivity index (χ1v) is 6.53. The smallest absolute Gasteiger partial charge is 0.272 e. The number of nitrogens with zero attached hydrogens (tertiary/aromatic N) is 4. The average molecular weight is 250 g/mol. The summed E-state index contributed by atoms with van der Waals surface area (Å²) >= 11 is 0. The van der Waals surface area contributed by atoms with E-state index in [0.29, 0.717) is 11.7 Å². The van der Waals surface area contributed by atoms with E-state index in [9.17, 15) is 4.79 Å². The van der Waals surface area contributed by atoms with Gasteiger partial charge in [-0.15, -0.1) is 0 Å². The average Bonchev–Trinajstić information content (AvgIpc) is 2.63. The summed E-state index contributed by atoms with van der Waals surface area (Å²) in [5.74, 6) is 0.101. The molecule has 0 saturated carbocycles. The predicted molar refractivity (Wildman–Crippen MR) is 70.4 cm³/mol. The predicted octanol–water partition coefficient (Wildman–Crippen LogP) is 0.976. The lowest BCUT2D eigenvalue weighted by Crippen LogP contribution is -2.42. The summed E-state index contributed by atoms with van der Waals surface area (Å²) in [5, 5.41) is 4.07. The zero-order chi connectivity index (χ0) is 13.1. The van der Waals surface area contributed by atoms with Crippen molar-refractivity contribution < 1.29 is 4.79 Å². The molecule has 1 aliphatic heterocycles. The Morgan fingerprint density at radius 2 is 2.22 bits per heavy atom. The maximum atomic E-state index is 12.4. The second kappa shape index (κ2) is 5.52. The molecule has 18 heavy (non-hydrogen) atoms. The highest BCUT2D eigenvalue weighted by atomic mass is 16.2. The molecule has 0 bridgehead atoms. The molecule has 2 rings (SSSR count). The molecule has 1 unspecified atom stereocenters. The van der Waals surface area contributed by atoms with Crippen LogP contribution in [-0.4, -0.2) is 58.7 Å². The zero-order valence-electron chi connectivity index (χ0n) is 11.5. The van der Waals surface area contributed by atoms with Crippen LogP contribution in [0, 0.1) is 0 Å². The standard InChI is InChI=1S/C13H22N4O/c1-15(2)11-6-4-5-9-17(10-11)13(18)12-7-8-14-16(12)3/h7-8,11H,4-6,9-10H2,1-3H3. The third-order valence-corrected chi connectivity index (χ3v) is 3.70. The minimum atomic E-state index is 0.101. The van der Waals surface area contributed by atoms with Crippen LogP contribution in [0.15, 0.2) is 12.3 Å². The highest BCUT2D eigenvalue weighted by molar-refractivity contribution is 5.92. The molecule has 5 heteroatoms. The summed E-state index contributed by atoms with van der Waals surface area (Å²) in [7, 11) is 5.99. The maximum Gasteiger partial charge on any atom is 0.272 e. The van der Waals surface area contributed by atoms with Crippen LogP contribution in [0.1, 0.15) is 29.8 Å². The Kier molecular flexibility index (Phi) is 4.01. The number of likely N-dealkylation sites (N-methyl/N-ethyl adjacent to an activating group) is 1. The summed E-state index contributed by atoms with van der Waals surface area (Å²) in [6.45, 7) is 1.67. The Morgan fingerprint density at radius 1 is 1.44 bits per heavy atom. The first-order valence-electron chi connectivity index (χ1n) is 6.53. The Hall–Kier alpha value is -1.36. The molecule has 100 valence electrons. The normalized spacial score (nSPS) is 21.1. The highest BCUT2D eigenvalue weighted by Gasteiger charge is 2.25. The number of hydrogen-bond donors (Lipinski definition) is 0. The van der Waals surface area contributed by atoms with Crippen LogP contribution in [0.4, 0.5) is 0 Å². The van der Waals surface area contributed by atoms with Crippen molar-refractivity contribution in [1.29, 1.82) is 0 Å². The Morgan fingerprint density at radius 3 is 2.83 bits per heavy atom. The van der Waals surface area contributed by atoms with Gasteiger partial charge in [0.15, 0.2) is 0 Å². The molecule has 1 fully saturated rings. The van der Waals surface area contributed by atoms with Gasteiger partial charge in [-0.1, -0.05) is 6.42 Å². The van der Waals surface area contributed by atoms with E-state index in [1.165, 1.54) is 12.8 Å². The highest BCUT2D eigenvalue weighted by Crippen LogP contribution is 2.16. The van der Waals surface area contributed by atoms with Crippen molar-refractivity contribution in [3.63, 3.8) is 0 Å². The van der Waals surface area contributed by atoms with Crippen LogP contribution in [0.3, 0.4) is 0 Å². The summed E-state index contributed by atoms with van der Waals surface area (Å²) in [6.07, 6.45) is 5.13. The lowest BCUT2D eigenvalue weighted by Gasteiger charge is -2.28. The minimum Gasteiger partial charge on any atom is -0.336 e. The van der Waals surface area contributed by atoms with Gasteiger partial charge < -0.3 is 9.80 Å². The molecule has 1 aliphatic rings. The topological polar surface area (TPSA) is 41.4 Å². The van der Waals surface area contributed by atoms with Gasteiger partial charge in [-0.2, -0.15) is 5.10 Å². The van der Waals surface area contributed by atoms with Crippen molar-refractivity contribution in [2.75, 3.05) is 27.2 Å². The van der Waals surface area contributed by atoms with Gasteiger partial charge in [0.25, 0.3) is 5.91 Å². The SMILES string of the molecule is CN(C)C1CCCCN(C(=O)c2ccnn2C)C1. The number of carbonyl (C=O) groups is 1. The molecule has 0 spiro atoms. The molecule has 0 radical (unpaired) electrons. The second-order valence-electron chi connectivity index (χ2n) is 5.20. The van der Waals surface area contributed by atoms with E-state index in [0.717, 1.165) is 19.5 Å². The van der Waals surface area contributed by atoms with Crippen LogP contribution in [0.5, 0.6) is 0 Å². The van der Waals surface area contributed by atoms with Crippen molar-refractivity contribution in [1.82, 2.24) is 19.6 Å². The van der Waals surface area contributed by atoms with Crippen LogP contribution in [0.2, 0.25) is 0 Å². The quantitative estimate of drug-likeness (QED) is 0.785. The molecule has 1 aromatic heterocycles. The van der Waals surface area contributed by atoms with Crippen molar-refractivity contribution in [3.8, 4) is 0 Å². The van der Waals surface area contributed by atoms with Crippen molar-refractivity contribution in [2.24, 2.45) is 7.05 Å². The van der Waals surface area contributed by atoms with Gasteiger partial charge in [-0.3, -0.25) is 9.48 Å². The monoisotopic (exact) mass is 250 g/mol. The Balaban J connectivity index is 2.11. The van der Waals surface area contributed by atoms with Crippen molar-refractivity contribution >= 4 is 5.91 Å². The van der Waals surface area contributed by atoms with E-state index in [-0.39, 0.29) is 5.91 Å². The van der Waals surface area contributed by atoms with Crippen LogP contribution >= 0.6 is 0 Å². The first-order chi connectivity index (χ1) is 8.59. The zero-order valence-corrected chi connectivity index (χ0v) is 11.5. The molecule has 1 atom stereocenters. The molecule has 1 aromatic rings. The van der Waals surface area contributed by atoms with Crippen molar-refractivity contribution in [2.45, 2.75) is 25.3 Å². The molecule has 0 aromatic carbocycles. The molecule has 1 amide bonds. The van der Waals surface area contributed by atoms with E-state index in [2.05, 4.69) is 24.1 Å². The van der Waals surface area contributed by atoms with Gasteiger partial charge in [-0.25, -0.2) is 0 Å². The van der Waals surface area contributed by atoms with E-state index in [1.54, 1.807) is 16.9 Å². The van der Waals surface area contributed by atoms with Crippen LogP contribution in [-0.2, 0) is 7.05 Å². The van der Waals surface area contributed by atoms with E-state index in [4.69, 9.17) is 0 Å². The molecule has 0 aliphatic carbocycles. The maximum absolute atomic E-state index is 12.4. The second-order valence-corrected chi connectivity index (χ2v) is 5.20. The van der Waals surface area contributed by atoms with Crippen molar-refractivity contribution in [3.05, 3.63) is 18.0 Å². The molecule has 1 saturated heterocycles. The fourth-order valence-electron chi connectivity index (χ4n) is 2.47. The summed E-state index contributed by atoms with van der Waals surface area (Å²) in [4.78, 5) is 16.6. The van der Waals surface area contributed by atoms with Crippen LogP contribution < -0.4 is 0 Å². The van der Waals surface area contributed by atoms with E-state index in [1.807, 2.05) is 11.9 Å². The van der Waals surface area contributed by atoms with Gasteiger partial charge in [0.2, 0.25) is 0 Å².